The number of hydrogen-bond acceptors (Lipinski definition) is 3. The van der Waals surface area contributed by atoms with Gasteiger partial charge in [-0.15, -0.1) is 0 Å². The van der Waals surface area contributed by atoms with Crippen LogP contribution in [0, 0.1) is 5.92 Å². The molecule has 0 aromatic heterocycles. The number of alkyl halides is 3. The summed E-state index contributed by atoms with van der Waals surface area (Å²) in [7, 11) is 0.798. The predicted molar refractivity (Wildman–Crippen MR) is 67.0 cm³/mol. The van der Waals surface area contributed by atoms with Gasteiger partial charge in [-0.2, -0.15) is 13.2 Å². The molecular weight excluding hydrogens is 273 g/mol. The number of rotatable bonds is 4. The van der Waals surface area contributed by atoms with Crippen molar-refractivity contribution in [2.24, 2.45) is 5.92 Å². The third-order valence-electron chi connectivity index (χ3n) is 2.91. The lowest BCUT2D eigenvalue weighted by molar-refractivity contribution is -0.266. The fourth-order valence-corrected chi connectivity index (χ4v) is 1.90. The van der Waals surface area contributed by atoms with Crippen molar-refractivity contribution in [3.63, 3.8) is 0 Å². The molecule has 0 bridgehead atoms. The van der Waals surface area contributed by atoms with E-state index in [1.807, 2.05) is 13.8 Å². The minimum atomic E-state index is -5.15. The molecule has 0 amide bonds. The van der Waals surface area contributed by atoms with Crippen molar-refractivity contribution < 1.29 is 27.8 Å². The molecule has 1 aromatic carbocycles. The third kappa shape index (κ3) is 3.12. The molecule has 3 nitrogen and oxygen atoms in total. The highest BCUT2D eigenvalue weighted by Crippen LogP contribution is 2.40. The number of methoxy groups -OCH3 is 1. The van der Waals surface area contributed by atoms with E-state index >= 15 is 0 Å². The normalized spacial score (nSPS) is 15.0. The maximum atomic E-state index is 13.0. The van der Waals surface area contributed by atoms with Crippen molar-refractivity contribution in [3.05, 3.63) is 35.4 Å². The molecule has 0 aliphatic heterocycles. The van der Waals surface area contributed by atoms with Gasteiger partial charge in [-0.25, -0.2) is 4.79 Å². The molecule has 0 aliphatic carbocycles. The molecule has 1 unspecified atom stereocenters. The molecule has 0 spiro atoms. The number of benzene rings is 1. The van der Waals surface area contributed by atoms with Gasteiger partial charge in [-0.1, -0.05) is 38.1 Å². The lowest BCUT2D eigenvalue weighted by Crippen LogP contribution is -2.49. The van der Waals surface area contributed by atoms with Crippen LogP contribution >= 0.6 is 0 Å². The van der Waals surface area contributed by atoms with Crippen molar-refractivity contribution in [3.8, 4) is 0 Å². The highest BCUT2D eigenvalue weighted by Gasteiger charge is 2.61. The van der Waals surface area contributed by atoms with Crippen LogP contribution in [0.15, 0.2) is 24.3 Å². The van der Waals surface area contributed by atoms with Crippen LogP contribution in [0.3, 0.4) is 0 Å². The molecule has 1 atom stereocenters. The maximum Gasteiger partial charge on any atom is 0.432 e. The molecule has 0 heterocycles. The molecular formula is C14H17F3O3. The molecule has 20 heavy (non-hydrogen) atoms. The Kier molecular flexibility index (Phi) is 4.81. The summed E-state index contributed by atoms with van der Waals surface area (Å²) in [5.41, 5.74) is -3.36. The van der Waals surface area contributed by atoms with Gasteiger partial charge in [0, 0.05) is 5.56 Å². The molecule has 112 valence electrons. The van der Waals surface area contributed by atoms with E-state index in [1.54, 1.807) is 0 Å². The van der Waals surface area contributed by atoms with Crippen LogP contribution in [0.5, 0.6) is 0 Å². The lowest BCUT2D eigenvalue weighted by Gasteiger charge is -2.28. The van der Waals surface area contributed by atoms with Crippen LogP contribution in [0.25, 0.3) is 0 Å². The molecule has 0 aliphatic rings. The fraction of sp³-hybridized carbons (Fsp3) is 0.500. The Morgan fingerprint density at radius 3 is 2.10 bits per heavy atom. The summed E-state index contributed by atoms with van der Waals surface area (Å²) in [6.45, 7) is 3.96. The summed E-state index contributed by atoms with van der Waals surface area (Å²) < 4.78 is 43.0. The van der Waals surface area contributed by atoms with Crippen molar-refractivity contribution in [2.75, 3.05) is 7.11 Å². The average Bonchev–Trinajstić information content (AvgIpc) is 2.35. The fourth-order valence-electron chi connectivity index (χ4n) is 1.90. The Labute approximate surface area is 115 Å². The first-order valence-corrected chi connectivity index (χ1v) is 6.09. The first-order chi connectivity index (χ1) is 9.12. The highest BCUT2D eigenvalue weighted by atomic mass is 19.4. The van der Waals surface area contributed by atoms with E-state index in [1.165, 1.54) is 12.1 Å². The van der Waals surface area contributed by atoms with Gasteiger partial charge in [0.15, 0.2) is 0 Å². The molecule has 0 fully saturated rings. The van der Waals surface area contributed by atoms with Gasteiger partial charge in [-0.3, -0.25) is 0 Å². The van der Waals surface area contributed by atoms with Gasteiger partial charge < -0.3 is 9.84 Å². The number of carbonyl (C=O) groups is 1. The topological polar surface area (TPSA) is 46.5 Å². The predicted octanol–water partition coefficient (Wildman–Crippen LogP) is 2.81. The van der Waals surface area contributed by atoms with Gasteiger partial charge in [0.1, 0.15) is 0 Å². The smallest absolute Gasteiger partial charge is 0.432 e. The zero-order chi connectivity index (χ0) is 15.6. The quantitative estimate of drug-likeness (QED) is 0.867. The third-order valence-corrected chi connectivity index (χ3v) is 2.91. The number of carbonyl (C=O) groups excluding carboxylic acids is 1. The Hall–Kier alpha value is -1.56. The Bertz CT molecular complexity index is 466. The summed E-state index contributed by atoms with van der Waals surface area (Å²) in [6.07, 6.45) is -4.46. The summed E-state index contributed by atoms with van der Waals surface area (Å²) in [5, 5.41) is 9.76. The largest absolute Gasteiger partial charge is 0.466 e. The number of aliphatic hydroxyl groups is 1. The summed E-state index contributed by atoms with van der Waals surface area (Å²) in [4.78, 5) is 11.4. The molecule has 6 heteroatoms. The first-order valence-electron chi connectivity index (χ1n) is 6.09. The van der Waals surface area contributed by atoms with E-state index in [2.05, 4.69) is 4.74 Å². The van der Waals surface area contributed by atoms with Gasteiger partial charge in [0.2, 0.25) is 0 Å². The second kappa shape index (κ2) is 5.83. The monoisotopic (exact) mass is 290 g/mol. The standard InChI is InChI=1S/C14H17F3O3/c1-9(2)8-10-4-6-11(7-5-10)13(19,12(18)20-3)14(15,16)17/h4-7,9,19H,8H2,1-3H3. The minimum Gasteiger partial charge on any atom is -0.466 e. The van der Waals surface area contributed by atoms with E-state index in [0.29, 0.717) is 12.3 Å². The van der Waals surface area contributed by atoms with Crippen LogP contribution in [-0.4, -0.2) is 24.4 Å². The Morgan fingerprint density at radius 1 is 1.25 bits per heavy atom. The minimum absolute atomic E-state index is 0.350. The zero-order valence-electron chi connectivity index (χ0n) is 11.5. The Morgan fingerprint density at radius 2 is 1.75 bits per heavy atom. The second-order valence-electron chi connectivity index (χ2n) is 4.99. The molecule has 0 saturated carbocycles. The van der Waals surface area contributed by atoms with Crippen LogP contribution in [0.4, 0.5) is 13.2 Å². The molecule has 0 saturated heterocycles. The summed E-state index contributed by atoms with van der Waals surface area (Å²) >= 11 is 0. The molecule has 1 aromatic rings. The number of hydrogen-bond donors (Lipinski definition) is 1. The van der Waals surface area contributed by atoms with E-state index in [9.17, 15) is 23.1 Å². The Balaban J connectivity index is 3.20. The summed E-state index contributed by atoms with van der Waals surface area (Å²) in [6, 6.07) is 5.13. The van der Waals surface area contributed by atoms with Gasteiger partial charge in [0.05, 0.1) is 7.11 Å². The van der Waals surface area contributed by atoms with Crippen molar-refractivity contribution >= 4 is 5.97 Å². The van der Waals surface area contributed by atoms with E-state index in [4.69, 9.17) is 0 Å². The van der Waals surface area contributed by atoms with Gasteiger partial charge in [-0.05, 0) is 17.9 Å². The molecule has 0 radical (unpaired) electrons. The zero-order valence-corrected chi connectivity index (χ0v) is 11.5. The SMILES string of the molecule is COC(=O)C(O)(c1ccc(CC(C)C)cc1)C(F)(F)F. The maximum absolute atomic E-state index is 13.0. The van der Waals surface area contributed by atoms with Crippen LogP contribution in [0.1, 0.15) is 25.0 Å². The van der Waals surface area contributed by atoms with Crippen molar-refractivity contribution in [1.29, 1.82) is 0 Å². The van der Waals surface area contributed by atoms with Gasteiger partial charge in [0.25, 0.3) is 5.60 Å². The highest BCUT2D eigenvalue weighted by molar-refractivity contribution is 5.82. The van der Waals surface area contributed by atoms with Gasteiger partial charge >= 0.3 is 12.1 Å². The van der Waals surface area contributed by atoms with Crippen LogP contribution in [0.2, 0.25) is 0 Å². The van der Waals surface area contributed by atoms with E-state index in [-0.39, 0.29) is 0 Å². The van der Waals surface area contributed by atoms with Crippen molar-refractivity contribution in [1.82, 2.24) is 0 Å². The molecule has 1 N–H and O–H groups in total. The molecule has 1 rings (SSSR count). The summed E-state index contributed by atoms with van der Waals surface area (Å²) in [5.74, 6) is -1.40. The van der Waals surface area contributed by atoms with E-state index < -0.39 is 23.3 Å². The van der Waals surface area contributed by atoms with Crippen LogP contribution in [-0.2, 0) is 21.6 Å². The first kappa shape index (κ1) is 16.5. The number of esters is 1. The number of ether oxygens (including phenoxy) is 1. The van der Waals surface area contributed by atoms with Crippen LogP contribution < -0.4 is 0 Å². The number of halogens is 3. The second-order valence-corrected chi connectivity index (χ2v) is 4.99. The average molecular weight is 290 g/mol. The lowest BCUT2D eigenvalue weighted by atomic mass is 9.91. The van der Waals surface area contributed by atoms with E-state index in [0.717, 1.165) is 24.8 Å². The van der Waals surface area contributed by atoms with Crippen molar-refractivity contribution in [2.45, 2.75) is 32.0 Å².